The van der Waals surface area contributed by atoms with Gasteiger partial charge in [0.2, 0.25) is 0 Å². The molecule has 0 aliphatic rings. The standard InChI is InChI=1S/C7H6ClF3N2O2S/c8-5-2-1-4(3-6(5)12)13-16(14,15)7(9,10)11/h1-3,13H,12H2. The highest BCUT2D eigenvalue weighted by atomic mass is 35.5. The average molecular weight is 275 g/mol. The lowest BCUT2D eigenvalue weighted by Gasteiger charge is -2.11. The van der Waals surface area contributed by atoms with Gasteiger partial charge in [0.1, 0.15) is 0 Å². The van der Waals surface area contributed by atoms with E-state index >= 15 is 0 Å². The molecule has 1 rings (SSSR count). The fraction of sp³-hybridized carbons (Fsp3) is 0.143. The summed E-state index contributed by atoms with van der Waals surface area (Å²) in [7, 11) is -5.43. The van der Waals surface area contributed by atoms with Gasteiger partial charge in [-0.1, -0.05) is 11.6 Å². The monoisotopic (exact) mass is 274 g/mol. The molecule has 1 aromatic carbocycles. The van der Waals surface area contributed by atoms with Gasteiger partial charge >= 0.3 is 15.5 Å². The molecule has 16 heavy (non-hydrogen) atoms. The number of halogens is 4. The fourth-order valence-electron chi connectivity index (χ4n) is 0.820. The van der Waals surface area contributed by atoms with Crippen LogP contribution in [0.1, 0.15) is 0 Å². The highest BCUT2D eigenvalue weighted by Crippen LogP contribution is 2.28. The molecule has 0 aromatic heterocycles. The maximum Gasteiger partial charge on any atom is 0.516 e. The summed E-state index contributed by atoms with van der Waals surface area (Å²) in [5, 5.41) is 0.120. The number of nitrogens with two attached hydrogens (primary N) is 1. The van der Waals surface area contributed by atoms with Gasteiger partial charge in [0.15, 0.2) is 0 Å². The van der Waals surface area contributed by atoms with Crippen LogP contribution in [0.3, 0.4) is 0 Å². The molecule has 0 unspecified atom stereocenters. The molecule has 0 bridgehead atoms. The van der Waals surface area contributed by atoms with E-state index in [0.717, 1.165) is 12.1 Å². The first-order chi connectivity index (χ1) is 7.13. The van der Waals surface area contributed by atoms with Crippen molar-refractivity contribution in [2.75, 3.05) is 10.5 Å². The summed E-state index contributed by atoms with van der Waals surface area (Å²) in [5.74, 6) is 0. The SMILES string of the molecule is Nc1cc(NS(=O)(=O)C(F)(F)F)ccc1Cl. The van der Waals surface area contributed by atoms with E-state index in [1.807, 2.05) is 0 Å². The molecule has 9 heteroatoms. The van der Waals surface area contributed by atoms with Crippen LogP contribution >= 0.6 is 11.6 Å². The van der Waals surface area contributed by atoms with Crippen molar-refractivity contribution in [1.29, 1.82) is 0 Å². The van der Waals surface area contributed by atoms with E-state index in [4.69, 9.17) is 17.3 Å². The molecular formula is C7H6ClF3N2O2S. The Hall–Kier alpha value is -1.15. The highest BCUT2D eigenvalue weighted by molar-refractivity contribution is 7.93. The minimum absolute atomic E-state index is 0.0240. The van der Waals surface area contributed by atoms with Crippen molar-refractivity contribution in [2.45, 2.75) is 5.51 Å². The van der Waals surface area contributed by atoms with Crippen LogP contribution in [0, 0.1) is 0 Å². The van der Waals surface area contributed by atoms with Crippen LogP contribution in [0.25, 0.3) is 0 Å². The number of hydrogen-bond acceptors (Lipinski definition) is 3. The minimum atomic E-state index is -5.43. The quantitative estimate of drug-likeness (QED) is 0.812. The highest BCUT2D eigenvalue weighted by Gasteiger charge is 2.46. The average Bonchev–Trinajstić information content (AvgIpc) is 2.09. The maximum atomic E-state index is 12.0. The fourth-order valence-corrected chi connectivity index (χ4v) is 1.49. The molecule has 0 spiro atoms. The van der Waals surface area contributed by atoms with Gasteiger partial charge < -0.3 is 5.73 Å². The topological polar surface area (TPSA) is 72.2 Å². The van der Waals surface area contributed by atoms with Crippen molar-refractivity contribution < 1.29 is 21.6 Å². The Balaban J connectivity index is 3.03. The lowest BCUT2D eigenvalue weighted by molar-refractivity contribution is -0.0429. The number of benzene rings is 1. The Morgan fingerprint density at radius 3 is 2.31 bits per heavy atom. The molecule has 0 aliphatic heterocycles. The summed E-state index contributed by atoms with van der Waals surface area (Å²) in [6.07, 6.45) is 0. The molecule has 0 saturated heterocycles. The third kappa shape index (κ3) is 2.70. The Labute approximate surface area is 94.2 Å². The summed E-state index contributed by atoms with van der Waals surface area (Å²) in [6, 6.07) is 3.25. The summed E-state index contributed by atoms with van der Waals surface area (Å²) < 4.78 is 58.7. The largest absolute Gasteiger partial charge is 0.516 e. The lowest BCUT2D eigenvalue weighted by atomic mass is 10.3. The zero-order valence-electron chi connectivity index (χ0n) is 7.55. The first-order valence-electron chi connectivity index (χ1n) is 3.77. The number of rotatable bonds is 2. The molecule has 0 aliphatic carbocycles. The molecule has 90 valence electrons. The van der Waals surface area contributed by atoms with Gasteiger partial charge in [0, 0.05) is 0 Å². The summed E-state index contributed by atoms with van der Waals surface area (Å²) in [6.45, 7) is 0. The Bertz CT molecular complexity index is 501. The number of hydrogen-bond donors (Lipinski definition) is 2. The molecule has 4 nitrogen and oxygen atoms in total. The smallest absolute Gasteiger partial charge is 0.397 e. The number of alkyl halides is 3. The summed E-state index contributed by atoms with van der Waals surface area (Å²) in [5.41, 5.74) is -0.403. The number of nitrogens with one attached hydrogen (secondary N) is 1. The van der Waals surface area contributed by atoms with E-state index in [1.54, 1.807) is 0 Å². The van der Waals surface area contributed by atoms with Crippen LogP contribution in [0.2, 0.25) is 5.02 Å². The van der Waals surface area contributed by atoms with E-state index in [0.29, 0.717) is 0 Å². The van der Waals surface area contributed by atoms with Gasteiger partial charge in [-0.05, 0) is 18.2 Å². The third-order valence-electron chi connectivity index (χ3n) is 1.55. The van der Waals surface area contributed by atoms with Crippen LogP contribution in [0.5, 0.6) is 0 Å². The second-order valence-electron chi connectivity index (χ2n) is 2.79. The van der Waals surface area contributed by atoms with Gasteiger partial charge in [-0.15, -0.1) is 0 Å². The molecule has 0 heterocycles. The first kappa shape index (κ1) is 12.9. The van der Waals surface area contributed by atoms with Crippen molar-refractivity contribution in [3.05, 3.63) is 23.2 Å². The van der Waals surface area contributed by atoms with Crippen LogP contribution in [0.4, 0.5) is 24.5 Å². The molecule has 0 radical (unpaired) electrons. The van der Waals surface area contributed by atoms with Crippen molar-refractivity contribution in [3.8, 4) is 0 Å². The van der Waals surface area contributed by atoms with Gasteiger partial charge in [0.25, 0.3) is 0 Å². The summed E-state index contributed by atoms with van der Waals surface area (Å²) >= 11 is 5.52. The number of sulfonamides is 1. The zero-order chi connectivity index (χ0) is 12.6. The van der Waals surface area contributed by atoms with E-state index in [9.17, 15) is 21.6 Å². The van der Waals surface area contributed by atoms with E-state index in [1.165, 1.54) is 10.8 Å². The lowest BCUT2D eigenvalue weighted by Crippen LogP contribution is -2.29. The number of anilines is 2. The number of nitrogen functional groups attached to an aromatic ring is 1. The molecule has 0 saturated carbocycles. The maximum absolute atomic E-state index is 12.0. The Kier molecular flexibility index (Phi) is 3.25. The van der Waals surface area contributed by atoms with Gasteiger partial charge in [-0.2, -0.15) is 21.6 Å². The molecular weight excluding hydrogens is 269 g/mol. The van der Waals surface area contributed by atoms with Gasteiger partial charge in [-0.3, -0.25) is 4.72 Å². The van der Waals surface area contributed by atoms with Gasteiger partial charge in [-0.25, -0.2) is 0 Å². The second-order valence-corrected chi connectivity index (χ2v) is 4.87. The van der Waals surface area contributed by atoms with Crippen LogP contribution in [-0.2, 0) is 10.0 Å². The Morgan fingerprint density at radius 2 is 1.88 bits per heavy atom. The minimum Gasteiger partial charge on any atom is -0.397 e. The second kappa shape index (κ2) is 4.02. The van der Waals surface area contributed by atoms with Crippen molar-refractivity contribution in [1.82, 2.24) is 0 Å². The van der Waals surface area contributed by atoms with E-state index < -0.39 is 15.5 Å². The first-order valence-corrected chi connectivity index (χ1v) is 5.64. The third-order valence-corrected chi connectivity index (χ3v) is 3.01. The van der Waals surface area contributed by atoms with Crippen molar-refractivity contribution in [3.63, 3.8) is 0 Å². The van der Waals surface area contributed by atoms with E-state index in [2.05, 4.69) is 0 Å². The molecule has 1 aromatic rings. The zero-order valence-corrected chi connectivity index (χ0v) is 9.12. The predicted molar refractivity (Wildman–Crippen MR) is 54.5 cm³/mol. The van der Waals surface area contributed by atoms with Crippen molar-refractivity contribution >= 4 is 33.0 Å². The normalized spacial score (nSPS) is 12.5. The van der Waals surface area contributed by atoms with Crippen molar-refractivity contribution in [2.24, 2.45) is 0 Å². The molecule has 3 N–H and O–H groups in total. The molecule has 0 fully saturated rings. The van der Waals surface area contributed by atoms with Crippen LogP contribution in [-0.4, -0.2) is 13.9 Å². The van der Waals surface area contributed by atoms with Crippen LogP contribution < -0.4 is 10.5 Å². The van der Waals surface area contributed by atoms with E-state index in [-0.39, 0.29) is 16.4 Å². The summed E-state index contributed by atoms with van der Waals surface area (Å²) in [4.78, 5) is 0. The molecule has 0 atom stereocenters. The predicted octanol–water partition coefficient (Wildman–Crippen LogP) is 2.18. The van der Waals surface area contributed by atoms with Gasteiger partial charge in [0.05, 0.1) is 16.4 Å². The van der Waals surface area contributed by atoms with Crippen LogP contribution in [0.15, 0.2) is 18.2 Å². The Morgan fingerprint density at radius 1 is 1.31 bits per heavy atom. The molecule has 0 amide bonds.